The lowest BCUT2D eigenvalue weighted by Gasteiger charge is -2.16. The molecule has 1 rings (SSSR count). The Morgan fingerprint density at radius 1 is 1.47 bits per heavy atom. The minimum Gasteiger partial charge on any atom is -0.504 e. The Balaban J connectivity index is 3.57. The first-order valence-electron chi connectivity index (χ1n) is 4.69. The molecule has 0 bridgehead atoms. The number of phenols is 1. The van der Waals surface area contributed by atoms with Gasteiger partial charge in [0.05, 0.1) is 10.7 Å². The molecule has 0 saturated heterocycles. The van der Waals surface area contributed by atoms with Gasteiger partial charge in [0.2, 0.25) is 9.84 Å². The lowest BCUT2D eigenvalue weighted by Crippen LogP contribution is -2.26. The first-order chi connectivity index (χ1) is 8.48. The zero-order valence-electron chi connectivity index (χ0n) is 9.45. The van der Waals surface area contributed by atoms with Crippen LogP contribution in [0.2, 0.25) is 5.02 Å². The molecule has 0 aliphatic rings. The summed E-state index contributed by atoms with van der Waals surface area (Å²) in [6.45, 7) is 0.145. The fourth-order valence-electron chi connectivity index (χ4n) is 1.21. The summed E-state index contributed by atoms with van der Waals surface area (Å²) in [5.41, 5.74) is 4.34. The number of benzene rings is 1. The van der Waals surface area contributed by atoms with Crippen molar-refractivity contribution in [2.24, 2.45) is 5.73 Å². The van der Waals surface area contributed by atoms with Crippen LogP contribution in [-0.4, -0.2) is 24.8 Å². The van der Waals surface area contributed by atoms with Gasteiger partial charge in [0.25, 0.3) is 0 Å². The summed E-state index contributed by atoms with van der Waals surface area (Å²) in [6, 6.07) is 0.852. The van der Waals surface area contributed by atoms with Gasteiger partial charge >= 0.3 is 11.3 Å². The molecule has 106 valence electrons. The zero-order valence-corrected chi connectivity index (χ0v) is 11.0. The second-order valence-electron chi connectivity index (χ2n) is 3.57. The minimum absolute atomic E-state index is 0.145. The van der Waals surface area contributed by atoms with Crippen molar-refractivity contribution in [3.8, 4) is 5.75 Å². The first kappa shape index (κ1) is 15.4. The number of sulfone groups is 1. The summed E-state index contributed by atoms with van der Waals surface area (Å²) in [4.78, 5) is 9.46. The Bertz CT molecular complexity index is 628. The predicted octanol–water partition coefficient (Wildman–Crippen LogP) is 1.92. The lowest BCUT2D eigenvalue weighted by atomic mass is 10.3. The van der Waals surface area contributed by atoms with E-state index in [1.165, 1.54) is 0 Å². The van der Waals surface area contributed by atoms with Gasteiger partial charge < -0.3 is 16.2 Å². The molecule has 19 heavy (non-hydrogen) atoms. The van der Waals surface area contributed by atoms with E-state index in [9.17, 15) is 27.1 Å². The van der Waals surface area contributed by atoms with Gasteiger partial charge in [-0.25, -0.2) is 13.2 Å². The Labute approximate surface area is 112 Å². The van der Waals surface area contributed by atoms with E-state index in [1.54, 1.807) is 0 Å². The quantitative estimate of drug-likeness (QED) is 0.740. The second kappa shape index (κ2) is 4.82. The number of carbonyl (C=O) groups is 1. The number of urea groups is 1. The summed E-state index contributed by atoms with van der Waals surface area (Å²) in [7, 11) is -5.20. The van der Waals surface area contributed by atoms with Crippen molar-refractivity contribution in [1.29, 1.82) is 0 Å². The van der Waals surface area contributed by atoms with Crippen LogP contribution in [0.15, 0.2) is 17.0 Å². The van der Waals surface area contributed by atoms with Gasteiger partial charge in [-0.3, -0.25) is 0 Å². The van der Waals surface area contributed by atoms with Crippen LogP contribution in [0.4, 0.5) is 19.3 Å². The molecule has 10 heteroatoms. The maximum Gasteiger partial charge on any atom is 0.347 e. The van der Waals surface area contributed by atoms with E-state index < -0.39 is 42.5 Å². The molecule has 1 aromatic carbocycles. The molecule has 0 unspecified atom stereocenters. The largest absolute Gasteiger partial charge is 0.504 e. The van der Waals surface area contributed by atoms with E-state index in [4.69, 9.17) is 17.3 Å². The van der Waals surface area contributed by atoms with E-state index >= 15 is 0 Å². The van der Waals surface area contributed by atoms with Gasteiger partial charge in [0, 0.05) is 6.92 Å². The monoisotopic (exact) mass is 314 g/mol. The van der Waals surface area contributed by atoms with E-state index in [-0.39, 0.29) is 6.92 Å². The number of primary amides is 1. The third kappa shape index (κ3) is 2.87. The van der Waals surface area contributed by atoms with Crippen molar-refractivity contribution >= 4 is 33.2 Å². The molecule has 0 fully saturated rings. The van der Waals surface area contributed by atoms with Crippen LogP contribution in [0.25, 0.3) is 0 Å². The van der Waals surface area contributed by atoms with Gasteiger partial charge in [-0.15, -0.1) is 0 Å². The molecular formula is C9H9ClF2N2O4S. The highest BCUT2D eigenvalue weighted by Gasteiger charge is 2.44. The Morgan fingerprint density at radius 3 is 2.42 bits per heavy atom. The number of rotatable bonds is 3. The average Bonchev–Trinajstić information content (AvgIpc) is 2.20. The van der Waals surface area contributed by atoms with Crippen LogP contribution in [-0.2, 0) is 9.84 Å². The molecule has 0 saturated carbocycles. The molecule has 0 heterocycles. The minimum atomic E-state index is -5.20. The molecule has 0 atom stereocenters. The number of carbonyl (C=O) groups excluding carboxylic acids is 1. The van der Waals surface area contributed by atoms with E-state index in [0.29, 0.717) is 0 Å². The molecule has 6 nitrogen and oxygen atoms in total. The number of aromatic hydroxyl groups is 1. The van der Waals surface area contributed by atoms with Crippen molar-refractivity contribution in [2.45, 2.75) is 17.1 Å². The Morgan fingerprint density at radius 2 is 2.00 bits per heavy atom. The second-order valence-corrected chi connectivity index (χ2v) is 6.11. The molecule has 0 aliphatic carbocycles. The number of hydrogen-bond donors (Lipinski definition) is 3. The van der Waals surface area contributed by atoms with Crippen LogP contribution >= 0.6 is 11.6 Å². The third-order valence-electron chi connectivity index (χ3n) is 2.08. The number of amides is 2. The highest BCUT2D eigenvalue weighted by Crippen LogP contribution is 2.42. The number of anilines is 1. The molecule has 0 spiro atoms. The number of hydrogen-bond acceptors (Lipinski definition) is 4. The fraction of sp³-hybridized carbons (Fsp3) is 0.222. The Hall–Kier alpha value is -1.61. The maximum absolute atomic E-state index is 13.1. The summed E-state index contributed by atoms with van der Waals surface area (Å²) in [6.07, 6.45) is 0. The molecular weight excluding hydrogens is 306 g/mol. The number of halogens is 3. The van der Waals surface area contributed by atoms with Gasteiger partial charge in [-0.2, -0.15) is 8.78 Å². The molecule has 2 amide bonds. The topological polar surface area (TPSA) is 109 Å². The fourth-order valence-corrected chi connectivity index (χ4v) is 2.72. The van der Waals surface area contributed by atoms with Gasteiger partial charge in [-0.05, 0) is 12.1 Å². The number of nitrogens with one attached hydrogen (secondary N) is 1. The molecule has 4 N–H and O–H groups in total. The van der Waals surface area contributed by atoms with Crippen LogP contribution in [0, 0.1) is 0 Å². The predicted molar refractivity (Wildman–Crippen MR) is 64.1 cm³/mol. The lowest BCUT2D eigenvalue weighted by molar-refractivity contribution is 0.114. The summed E-state index contributed by atoms with van der Waals surface area (Å²) in [5, 5.41) is 6.78. The summed E-state index contributed by atoms with van der Waals surface area (Å²) < 4.78 is 49.3. The number of nitrogens with two attached hydrogens (primary N) is 1. The first-order valence-corrected chi connectivity index (χ1v) is 6.55. The average molecular weight is 315 g/mol. The van der Waals surface area contributed by atoms with E-state index in [1.807, 2.05) is 5.32 Å². The van der Waals surface area contributed by atoms with E-state index in [2.05, 4.69) is 0 Å². The number of alkyl halides is 2. The molecule has 0 aromatic heterocycles. The van der Waals surface area contributed by atoms with Crippen LogP contribution in [0.3, 0.4) is 0 Å². The van der Waals surface area contributed by atoms with Crippen molar-refractivity contribution in [2.75, 3.05) is 5.32 Å². The normalized spacial score (nSPS) is 12.2. The van der Waals surface area contributed by atoms with Gasteiger partial charge in [0.1, 0.15) is 4.90 Å². The number of phenolic OH excluding ortho intramolecular Hbond substituents is 1. The van der Waals surface area contributed by atoms with Crippen molar-refractivity contribution in [3.63, 3.8) is 0 Å². The van der Waals surface area contributed by atoms with Crippen molar-refractivity contribution in [3.05, 3.63) is 17.2 Å². The van der Waals surface area contributed by atoms with Crippen molar-refractivity contribution in [1.82, 2.24) is 0 Å². The smallest absolute Gasteiger partial charge is 0.347 e. The molecule has 0 radical (unpaired) electrons. The highest BCUT2D eigenvalue weighted by molar-refractivity contribution is 7.92. The standard InChI is InChI=1S/C9H9ClF2N2O4S/c1-9(11,12)19(17,18)7-4(10)2-3-5(6(7)15)14-8(13)16/h2-3,15H,1H3,(H3,13,14,16). The maximum atomic E-state index is 13.1. The molecule has 0 aliphatic heterocycles. The summed E-state index contributed by atoms with van der Waals surface area (Å²) >= 11 is 5.51. The van der Waals surface area contributed by atoms with Gasteiger partial charge in [0.15, 0.2) is 5.75 Å². The Kier molecular flexibility index (Phi) is 3.92. The summed E-state index contributed by atoms with van der Waals surface area (Å²) in [5.74, 6) is -1.10. The van der Waals surface area contributed by atoms with Crippen LogP contribution in [0.5, 0.6) is 5.75 Å². The third-order valence-corrected chi connectivity index (χ3v) is 4.40. The van der Waals surface area contributed by atoms with Gasteiger partial charge in [-0.1, -0.05) is 11.6 Å². The van der Waals surface area contributed by atoms with Crippen LogP contribution in [0.1, 0.15) is 6.92 Å². The zero-order chi connectivity index (χ0) is 15.0. The van der Waals surface area contributed by atoms with Crippen LogP contribution < -0.4 is 11.1 Å². The highest BCUT2D eigenvalue weighted by atomic mass is 35.5. The molecule has 1 aromatic rings. The van der Waals surface area contributed by atoms with E-state index in [0.717, 1.165) is 12.1 Å². The van der Waals surface area contributed by atoms with Crippen molar-refractivity contribution < 1.29 is 27.1 Å². The SMILES string of the molecule is CC(F)(F)S(=O)(=O)c1c(Cl)ccc(NC(N)=O)c1O.